The number of ether oxygens (including phenoxy) is 1. The Hall–Kier alpha value is -2.84. The summed E-state index contributed by atoms with van der Waals surface area (Å²) >= 11 is 5.94. The minimum absolute atomic E-state index is 0.408. The number of pyridine rings is 1. The van der Waals surface area contributed by atoms with E-state index in [0.29, 0.717) is 18.1 Å². The minimum atomic E-state index is -0.675. The highest BCUT2D eigenvalue weighted by molar-refractivity contribution is 6.30. The Labute approximate surface area is 174 Å². The first kappa shape index (κ1) is 20.9. The van der Waals surface area contributed by atoms with Gasteiger partial charge in [-0.1, -0.05) is 23.7 Å². The zero-order valence-corrected chi connectivity index (χ0v) is 16.8. The Kier molecular flexibility index (Phi) is 7.26. The van der Waals surface area contributed by atoms with Crippen LogP contribution in [0.25, 0.3) is 11.1 Å². The van der Waals surface area contributed by atoms with Crippen LogP contribution in [0.1, 0.15) is 0 Å². The van der Waals surface area contributed by atoms with Crippen molar-refractivity contribution < 1.29 is 14.3 Å². The average molecular weight is 418 g/mol. The van der Waals surface area contributed by atoms with Gasteiger partial charge in [-0.2, -0.15) is 0 Å². The number of benzene rings is 1. The van der Waals surface area contributed by atoms with Crippen LogP contribution in [0.3, 0.4) is 0 Å². The summed E-state index contributed by atoms with van der Waals surface area (Å²) in [5, 5.41) is 3.33. The fourth-order valence-corrected chi connectivity index (χ4v) is 3.22. The van der Waals surface area contributed by atoms with Crippen molar-refractivity contribution in [2.45, 2.75) is 0 Å². The van der Waals surface area contributed by atoms with Gasteiger partial charge in [0.25, 0.3) is 5.91 Å². The summed E-state index contributed by atoms with van der Waals surface area (Å²) in [6.45, 7) is 4.22. The number of rotatable bonds is 7. The Morgan fingerprint density at radius 2 is 1.76 bits per heavy atom. The summed E-state index contributed by atoms with van der Waals surface area (Å²) in [6.07, 6.45) is 1.25. The maximum Gasteiger partial charge on any atom is 0.407 e. The van der Waals surface area contributed by atoms with E-state index in [1.54, 1.807) is 0 Å². The molecule has 0 unspecified atom stereocenters. The monoisotopic (exact) mass is 417 g/mol. The van der Waals surface area contributed by atoms with Gasteiger partial charge in [-0.15, -0.1) is 0 Å². The molecule has 1 aliphatic rings. The summed E-state index contributed by atoms with van der Waals surface area (Å²) in [5.74, 6) is 0.279. The molecule has 0 bridgehead atoms. The van der Waals surface area contributed by atoms with Crippen molar-refractivity contribution in [1.29, 1.82) is 0 Å². The van der Waals surface area contributed by atoms with Gasteiger partial charge in [-0.25, -0.2) is 9.78 Å². The first-order chi connectivity index (χ1) is 14.0. The number of primary amides is 1. The van der Waals surface area contributed by atoms with E-state index in [-0.39, 0.29) is 0 Å². The van der Waals surface area contributed by atoms with Crippen molar-refractivity contribution >= 4 is 29.4 Å². The van der Waals surface area contributed by atoms with Crippen LogP contribution in [0.5, 0.6) is 0 Å². The van der Waals surface area contributed by atoms with Crippen molar-refractivity contribution in [2.24, 2.45) is 5.73 Å². The number of aromatic nitrogens is 1. The highest BCUT2D eigenvalue weighted by atomic mass is 35.5. The number of carbonyl (C=O) groups excluding carboxylic acids is 2. The second-order valence-corrected chi connectivity index (χ2v) is 7.15. The molecule has 2 aromatic rings. The Bertz CT molecular complexity index is 821. The molecular weight excluding hydrogens is 394 g/mol. The smallest absolute Gasteiger partial charge is 0.407 e. The molecule has 0 radical (unpaired) electrons. The minimum Gasteiger partial charge on any atom is -0.439 e. The maximum absolute atomic E-state index is 11.4. The standard InChI is InChI=1S/C20H24ClN5O3/c21-17-4-1-15(2-5-17)16-3-6-19(24-13-16)26-11-9-25(10-12-26)8-7-23-20(28)29-14-18(22)27/h1-6,13H,7-12,14H2,(H2,22,27)(H,23,28). The van der Waals surface area contributed by atoms with Gasteiger partial charge in [0.2, 0.25) is 0 Å². The van der Waals surface area contributed by atoms with Crippen LogP contribution < -0.4 is 16.0 Å². The molecular formula is C20H24ClN5O3. The zero-order valence-electron chi connectivity index (χ0n) is 16.0. The lowest BCUT2D eigenvalue weighted by Crippen LogP contribution is -2.48. The first-order valence-corrected chi connectivity index (χ1v) is 9.77. The third-order valence-corrected chi connectivity index (χ3v) is 4.92. The number of alkyl carbamates (subject to hydrolysis) is 1. The molecule has 0 saturated carbocycles. The molecule has 2 heterocycles. The highest BCUT2D eigenvalue weighted by Crippen LogP contribution is 2.23. The number of nitrogens with zero attached hydrogens (tertiary/aromatic N) is 3. The van der Waals surface area contributed by atoms with E-state index in [1.165, 1.54) is 0 Å². The lowest BCUT2D eigenvalue weighted by Gasteiger charge is -2.35. The van der Waals surface area contributed by atoms with Gasteiger partial charge in [0.1, 0.15) is 5.82 Å². The molecule has 1 fully saturated rings. The largest absolute Gasteiger partial charge is 0.439 e. The third kappa shape index (κ3) is 6.33. The van der Waals surface area contributed by atoms with Crippen molar-refractivity contribution in [3.8, 4) is 11.1 Å². The third-order valence-electron chi connectivity index (χ3n) is 4.66. The van der Waals surface area contributed by atoms with E-state index < -0.39 is 18.6 Å². The van der Waals surface area contributed by atoms with Crippen LogP contribution in [-0.2, 0) is 9.53 Å². The topological polar surface area (TPSA) is 101 Å². The molecule has 29 heavy (non-hydrogen) atoms. The zero-order chi connectivity index (χ0) is 20.6. The molecule has 1 aromatic heterocycles. The van der Waals surface area contributed by atoms with E-state index in [2.05, 4.69) is 30.9 Å². The lowest BCUT2D eigenvalue weighted by atomic mass is 10.1. The summed E-state index contributed by atoms with van der Waals surface area (Å²) < 4.78 is 4.65. The number of nitrogens with one attached hydrogen (secondary N) is 1. The van der Waals surface area contributed by atoms with Gasteiger partial charge < -0.3 is 20.7 Å². The molecule has 0 spiro atoms. The van der Waals surface area contributed by atoms with Crippen LogP contribution >= 0.6 is 11.6 Å². The molecule has 3 rings (SSSR count). The molecule has 1 aromatic carbocycles. The van der Waals surface area contributed by atoms with E-state index in [4.69, 9.17) is 17.3 Å². The number of halogens is 1. The van der Waals surface area contributed by atoms with Crippen LogP contribution in [0.2, 0.25) is 5.02 Å². The molecule has 1 saturated heterocycles. The van der Waals surface area contributed by atoms with Crippen LogP contribution in [-0.4, -0.2) is 67.8 Å². The summed E-state index contributed by atoms with van der Waals surface area (Å²) in [6, 6.07) is 11.8. The van der Waals surface area contributed by atoms with Crippen LogP contribution in [0.4, 0.5) is 10.6 Å². The predicted molar refractivity (Wildman–Crippen MR) is 112 cm³/mol. The number of nitrogens with two attached hydrogens (primary N) is 1. The van der Waals surface area contributed by atoms with E-state index in [9.17, 15) is 9.59 Å². The molecule has 154 valence electrons. The van der Waals surface area contributed by atoms with Gasteiger partial charge in [0, 0.05) is 56.1 Å². The van der Waals surface area contributed by atoms with Crippen LogP contribution in [0.15, 0.2) is 42.6 Å². The number of amides is 2. The van der Waals surface area contributed by atoms with Crippen LogP contribution in [0, 0.1) is 0 Å². The number of carbonyl (C=O) groups is 2. The van der Waals surface area contributed by atoms with Gasteiger partial charge >= 0.3 is 6.09 Å². The number of anilines is 1. The fourth-order valence-electron chi connectivity index (χ4n) is 3.09. The molecule has 9 heteroatoms. The second-order valence-electron chi connectivity index (χ2n) is 6.71. The summed E-state index contributed by atoms with van der Waals surface area (Å²) in [7, 11) is 0. The Morgan fingerprint density at radius 3 is 2.38 bits per heavy atom. The van der Waals surface area contributed by atoms with Crippen molar-refractivity contribution in [1.82, 2.24) is 15.2 Å². The molecule has 3 N–H and O–H groups in total. The number of hydrogen-bond acceptors (Lipinski definition) is 6. The fraction of sp³-hybridized carbons (Fsp3) is 0.350. The molecule has 1 aliphatic heterocycles. The lowest BCUT2D eigenvalue weighted by molar-refractivity contribution is -0.120. The van der Waals surface area contributed by atoms with Crippen molar-refractivity contribution in [3.63, 3.8) is 0 Å². The average Bonchev–Trinajstić information content (AvgIpc) is 2.73. The summed E-state index contributed by atoms with van der Waals surface area (Å²) in [4.78, 5) is 31.1. The van der Waals surface area contributed by atoms with Crippen molar-refractivity contribution in [3.05, 3.63) is 47.6 Å². The second kappa shape index (κ2) is 10.1. The number of hydrogen-bond donors (Lipinski definition) is 2. The van der Waals surface area contributed by atoms with Gasteiger partial charge in [0.15, 0.2) is 6.61 Å². The number of piperazine rings is 1. The SMILES string of the molecule is NC(=O)COC(=O)NCCN1CCN(c2ccc(-c3ccc(Cl)cc3)cn2)CC1. The molecule has 0 aliphatic carbocycles. The van der Waals surface area contributed by atoms with E-state index >= 15 is 0 Å². The molecule has 8 nitrogen and oxygen atoms in total. The highest BCUT2D eigenvalue weighted by Gasteiger charge is 2.18. The van der Waals surface area contributed by atoms with E-state index in [0.717, 1.165) is 43.1 Å². The normalized spacial score (nSPS) is 14.4. The quantitative estimate of drug-likeness (QED) is 0.711. The van der Waals surface area contributed by atoms with Crippen molar-refractivity contribution in [2.75, 3.05) is 50.8 Å². The van der Waals surface area contributed by atoms with Gasteiger partial charge in [0.05, 0.1) is 0 Å². The maximum atomic E-state index is 11.4. The Balaban J connectivity index is 1.41. The van der Waals surface area contributed by atoms with Gasteiger partial charge in [-0.05, 0) is 29.8 Å². The Morgan fingerprint density at radius 1 is 1.07 bits per heavy atom. The predicted octanol–water partition coefficient (Wildman–Crippen LogP) is 1.74. The molecule has 0 atom stereocenters. The molecule has 2 amide bonds. The summed E-state index contributed by atoms with van der Waals surface area (Å²) in [5.41, 5.74) is 7.06. The van der Waals surface area contributed by atoms with Gasteiger partial charge in [-0.3, -0.25) is 9.69 Å². The first-order valence-electron chi connectivity index (χ1n) is 9.39. The van der Waals surface area contributed by atoms with E-state index in [1.807, 2.05) is 36.5 Å².